The number of hydrogen-bond acceptors (Lipinski definition) is 10. The fourth-order valence-electron chi connectivity index (χ4n) is 5.74. The molecule has 2 aromatic heterocycles. The van der Waals surface area contributed by atoms with Crippen molar-refractivity contribution in [2.75, 3.05) is 20.0 Å². The monoisotopic (exact) mass is 720 g/mol. The molecule has 1 unspecified atom stereocenters. The van der Waals surface area contributed by atoms with Crippen LogP contribution in [0.1, 0.15) is 13.8 Å². The van der Waals surface area contributed by atoms with Gasteiger partial charge in [-0.2, -0.15) is 0 Å². The minimum Gasteiger partial charge on any atom is -0.491 e. The molecule has 0 amide bonds. The van der Waals surface area contributed by atoms with Gasteiger partial charge < -0.3 is 37.6 Å². The van der Waals surface area contributed by atoms with E-state index in [-0.39, 0.29) is 6.10 Å². The first kappa shape index (κ1) is 34.5. The van der Waals surface area contributed by atoms with Crippen LogP contribution >= 0.6 is 0 Å². The summed E-state index contributed by atoms with van der Waals surface area (Å²) < 4.78 is 40.5. The Balaban J connectivity index is 0.00000203. The molecule has 1 atom stereocenters. The third-order valence-electron chi connectivity index (χ3n) is 8.46. The van der Waals surface area contributed by atoms with Gasteiger partial charge in [0.2, 0.25) is 11.8 Å². The van der Waals surface area contributed by atoms with Crippen LogP contribution in [-0.4, -0.2) is 41.2 Å². The minimum absolute atomic E-state index is 0.193. The van der Waals surface area contributed by atoms with E-state index < -0.39 is 6.79 Å². The van der Waals surface area contributed by atoms with Crippen LogP contribution in [0.4, 0.5) is 0 Å². The predicted octanol–water partition coefficient (Wildman–Crippen LogP) is 10.7. The third kappa shape index (κ3) is 7.90. The second-order valence-corrected chi connectivity index (χ2v) is 12.1. The average molecular weight is 721 g/mol. The number of benzene rings is 6. The van der Waals surface area contributed by atoms with E-state index in [0.29, 0.717) is 58.3 Å². The number of aliphatic hydroxyl groups excluding tert-OH is 1. The maximum atomic E-state index is 9.01. The van der Waals surface area contributed by atoms with E-state index in [1.54, 1.807) is 18.2 Å². The van der Waals surface area contributed by atoms with Gasteiger partial charge in [0.1, 0.15) is 58.2 Å². The van der Waals surface area contributed by atoms with E-state index >= 15 is 0 Å². The van der Waals surface area contributed by atoms with Gasteiger partial charge in [-0.15, -0.1) is 0 Å². The summed E-state index contributed by atoms with van der Waals surface area (Å²) in [6, 6.07) is 41.6. The van der Waals surface area contributed by atoms with E-state index in [4.69, 9.17) is 47.6 Å². The van der Waals surface area contributed by atoms with Gasteiger partial charge in [0, 0.05) is 23.3 Å². The van der Waals surface area contributed by atoms with E-state index in [2.05, 4.69) is 0 Å². The third-order valence-corrected chi connectivity index (χ3v) is 8.46. The van der Waals surface area contributed by atoms with Crippen LogP contribution < -0.4 is 18.9 Å². The lowest BCUT2D eigenvalue weighted by molar-refractivity contribution is 0.0984. The summed E-state index contributed by atoms with van der Waals surface area (Å²) in [6.45, 7) is 4.89. The molecule has 270 valence electrons. The van der Waals surface area contributed by atoms with Crippen LogP contribution in [0.5, 0.6) is 34.5 Å². The van der Waals surface area contributed by atoms with Crippen molar-refractivity contribution in [3.63, 3.8) is 0 Å². The molecule has 10 nitrogen and oxygen atoms in total. The van der Waals surface area contributed by atoms with Crippen LogP contribution in [-0.2, 0) is 4.74 Å². The molecule has 1 aliphatic rings. The molecule has 3 heterocycles. The minimum atomic E-state index is -0.402. The summed E-state index contributed by atoms with van der Waals surface area (Å²) in [5, 5.41) is 9.01. The van der Waals surface area contributed by atoms with Gasteiger partial charge in [-0.1, -0.05) is 38.1 Å². The number of hydrogen-bond donors (Lipinski definition) is 1. The zero-order chi connectivity index (χ0) is 36.9. The molecule has 9 rings (SSSR count). The summed E-state index contributed by atoms with van der Waals surface area (Å²) >= 11 is 0. The van der Waals surface area contributed by atoms with Gasteiger partial charge >= 0.3 is 0 Å². The molecule has 1 fully saturated rings. The molecule has 1 aliphatic heterocycles. The zero-order valence-electron chi connectivity index (χ0n) is 29.6. The van der Waals surface area contributed by atoms with Crippen molar-refractivity contribution in [1.29, 1.82) is 0 Å². The van der Waals surface area contributed by atoms with Crippen molar-refractivity contribution in [2.45, 2.75) is 20.0 Å². The lowest BCUT2D eigenvalue weighted by atomic mass is 10.1. The number of aliphatic hydroxyl groups is 1. The van der Waals surface area contributed by atoms with Gasteiger partial charge in [0.05, 0.1) is 6.61 Å². The summed E-state index contributed by atoms with van der Waals surface area (Å²) in [6.07, 6.45) is 0.193. The second-order valence-electron chi connectivity index (χ2n) is 12.1. The Labute approximate surface area is 311 Å². The quantitative estimate of drug-likeness (QED) is 0.0964. The SMILES string of the molecule is CC.OCOc1cccc(Oc2ccc(-c3nc4ccc(-c5ccc6nc(-c7ccc(Oc8cccc(OCC9CO9)c8)cc7)oc6c5)cc4o3)cc2)c1. The first-order valence-electron chi connectivity index (χ1n) is 17.7. The molecular formula is C44H36N2O8. The first-order valence-corrected chi connectivity index (χ1v) is 17.7. The lowest BCUT2D eigenvalue weighted by Crippen LogP contribution is -2.03. The highest BCUT2D eigenvalue weighted by atomic mass is 16.6. The predicted molar refractivity (Wildman–Crippen MR) is 205 cm³/mol. The Morgan fingerprint density at radius 1 is 0.537 bits per heavy atom. The number of fused-ring (bicyclic) bond motifs is 2. The molecule has 0 radical (unpaired) electrons. The van der Waals surface area contributed by atoms with E-state index in [9.17, 15) is 0 Å². The van der Waals surface area contributed by atoms with Crippen LogP contribution in [0.25, 0.3) is 56.2 Å². The smallest absolute Gasteiger partial charge is 0.227 e. The molecule has 0 aliphatic carbocycles. The number of aromatic nitrogens is 2. The van der Waals surface area contributed by atoms with Crippen LogP contribution in [0.3, 0.4) is 0 Å². The summed E-state index contributed by atoms with van der Waals surface area (Å²) in [7, 11) is 0. The van der Waals surface area contributed by atoms with E-state index in [1.165, 1.54) is 0 Å². The fourth-order valence-corrected chi connectivity index (χ4v) is 5.74. The van der Waals surface area contributed by atoms with Crippen LogP contribution in [0, 0.1) is 0 Å². The second kappa shape index (κ2) is 15.5. The van der Waals surface area contributed by atoms with Gasteiger partial charge in [0.15, 0.2) is 18.0 Å². The van der Waals surface area contributed by atoms with Crippen molar-refractivity contribution in [2.24, 2.45) is 0 Å². The fraction of sp³-hybridized carbons (Fsp3) is 0.136. The van der Waals surface area contributed by atoms with Gasteiger partial charge in [-0.3, -0.25) is 0 Å². The number of nitrogens with zero attached hydrogens (tertiary/aromatic N) is 2. The number of rotatable bonds is 12. The number of epoxide rings is 1. The lowest BCUT2D eigenvalue weighted by Gasteiger charge is -2.09. The summed E-state index contributed by atoms with van der Waals surface area (Å²) in [5.74, 6) is 4.90. The maximum Gasteiger partial charge on any atom is 0.227 e. The molecule has 0 saturated carbocycles. The van der Waals surface area contributed by atoms with Crippen molar-refractivity contribution in [3.05, 3.63) is 133 Å². The molecule has 1 saturated heterocycles. The van der Waals surface area contributed by atoms with Crippen molar-refractivity contribution >= 4 is 22.2 Å². The first-order chi connectivity index (χ1) is 26.6. The highest BCUT2D eigenvalue weighted by Gasteiger charge is 2.23. The molecule has 6 aromatic carbocycles. The maximum absolute atomic E-state index is 9.01. The Bertz CT molecular complexity index is 2500. The van der Waals surface area contributed by atoms with Crippen LogP contribution in [0.2, 0.25) is 0 Å². The zero-order valence-corrected chi connectivity index (χ0v) is 29.6. The largest absolute Gasteiger partial charge is 0.491 e. The molecular weight excluding hydrogens is 684 g/mol. The molecule has 8 aromatic rings. The Morgan fingerprint density at radius 2 is 0.981 bits per heavy atom. The highest BCUT2D eigenvalue weighted by molar-refractivity contribution is 5.86. The summed E-state index contributed by atoms with van der Waals surface area (Å²) in [5.41, 5.74) is 6.43. The van der Waals surface area contributed by atoms with Crippen LogP contribution in [0.15, 0.2) is 142 Å². The van der Waals surface area contributed by atoms with Gasteiger partial charge in [-0.25, -0.2) is 9.97 Å². The van der Waals surface area contributed by atoms with E-state index in [0.717, 1.165) is 45.6 Å². The topological polar surface area (TPSA) is 122 Å². The molecule has 10 heteroatoms. The Hall–Kier alpha value is -6.62. The van der Waals surface area contributed by atoms with Gasteiger partial charge in [-0.05, 0) is 108 Å². The molecule has 0 spiro atoms. The molecule has 0 bridgehead atoms. The Morgan fingerprint density at radius 3 is 1.44 bits per heavy atom. The van der Waals surface area contributed by atoms with E-state index in [1.807, 2.05) is 129 Å². The van der Waals surface area contributed by atoms with Gasteiger partial charge in [0.25, 0.3) is 0 Å². The van der Waals surface area contributed by atoms with Crippen molar-refractivity contribution in [1.82, 2.24) is 9.97 Å². The highest BCUT2D eigenvalue weighted by Crippen LogP contribution is 2.34. The Kier molecular flexibility index (Phi) is 9.92. The summed E-state index contributed by atoms with van der Waals surface area (Å²) in [4.78, 5) is 9.43. The van der Waals surface area contributed by atoms with Crippen molar-refractivity contribution < 1.29 is 37.6 Å². The molecule has 1 N–H and O–H groups in total. The molecule has 54 heavy (non-hydrogen) atoms. The van der Waals surface area contributed by atoms with Crippen molar-refractivity contribution in [3.8, 4) is 68.5 Å². The number of oxazole rings is 2. The average Bonchev–Trinajstić information content (AvgIpc) is 3.79. The number of ether oxygens (including phenoxy) is 5. The normalized spacial score (nSPS) is 13.3. The standard InChI is InChI=1S/C42H30N2O8.C2H6/c45-25-48-33-4-2-6-35(22-33)50-31-15-9-27(10-16-31)42-44-38-18-12-29(20-40(38)52-42)28-11-17-37-39(19-28)51-41(43-37)26-7-13-30(14-8-26)49-34-5-1-3-32(21-34)46-23-36-24-47-36;1-2/h1-22,36,45H,23-25H2;1-2H3.